The molecule has 1 heterocycles. The number of methoxy groups -OCH3 is 1. The molecule has 0 fully saturated rings. The van der Waals surface area contributed by atoms with Crippen molar-refractivity contribution in [3.8, 4) is 11.5 Å². The lowest BCUT2D eigenvalue weighted by molar-refractivity contribution is 0.369. The van der Waals surface area contributed by atoms with Crippen LogP contribution < -0.4 is 10.1 Å². The number of aromatic hydroxyl groups is 1. The van der Waals surface area contributed by atoms with Crippen molar-refractivity contribution in [2.45, 2.75) is 19.5 Å². The highest BCUT2D eigenvalue weighted by atomic mass is 16.5. The number of phenols is 1. The fraction of sp³-hybridized carbons (Fsp3) is 0.267. The minimum Gasteiger partial charge on any atom is -0.504 e. The molecule has 4 nitrogen and oxygen atoms in total. The first-order valence-corrected chi connectivity index (χ1v) is 6.21. The van der Waals surface area contributed by atoms with Crippen LogP contribution in [0.4, 0.5) is 0 Å². The maximum atomic E-state index is 9.99. The van der Waals surface area contributed by atoms with Crippen LogP contribution in [0.15, 0.2) is 42.6 Å². The summed E-state index contributed by atoms with van der Waals surface area (Å²) in [5, 5.41) is 13.3. The van der Waals surface area contributed by atoms with Crippen LogP contribution in [0, 0.1) is 0 Å². The van der Waals surface area contributed by atoms with Crippen LogP contribution in [0.2, 0.25) is 0 Å². The second-order valence-electron chi connectivity index (χ2n) is 4.33. The molecular weight excluding hydrogens is 240 g/mol. The second-order valence-corrected chi connectivity index (χ2v) is 4.33. The monoisotopic (exact) mass is 258 g/mol. The normalized spacial score (nSPS) is 12.1. The van der Waals surface area contributed by atoms with Crippen LogP contribution in [-0.4, -0.2) is 17.2 Å². The molecule has 0 spiro atoms. The lowest BCUT2D eigenvalue weighted by atomic mass is 10.1. The van der Waals surface area contributed by atoms with Gasteiger partial charge in [0.2, 0.25) is 0 Å². The number of rotatable bonds is 5. The minimum atomic E-state index is 0.117. The summed E-state index contributed by atoms with van der Waals surface area (Å²) < 4.78 is 5.09. The van der Waals surface area contributed by atoms with Crippen molar-refractivity contribution in [1.82, 2.24) is 10.3 Å². The molecule has 0 aliphatic rings. The number of nitrogens with zero attached hydrogens (tertiary/aromatic N) is 1. The maximum Gasteiger partial charge on any atom is 0.162 e. The van der Waals surface area contributed by atoms with Gasteiger partial charge in [0.15, 0.2) is 11.5 Å². The van der Waals surface area contributed by atoms with Crippen molar-refractivity contribution in [2.75, 3.05) is 7.11 Å². The number of pyridine rings is 1. The highest BCUT2D eigenvalue weighted by Gasteiger charge is 2.10. The lowest BCUT2D eigenvalue weighted by Gasteiger charge is -2.14. The Bertz CT molecular complexity index is 529. The van der Waals surface area contributed by atoms with E-state index in [0.29, 0.717) is 12.3 Å². The predicted molar refractivity (Wildman–Crippen MR) is 74.2 cm³/mol. The van der Waals surface area contributed by atoms with Gasteiger partial charge in [-0.3, -0.25) is 4.98 Å². The van der Waals surface area contributed by atoms with Crippen LogP contribution in [0.1, 0.15) is 24.2 Å². The summed E-state index contributed by atoms with van der Waals surface area (Å²) in [5.41, 5.74) is 1.78. The van der Waals surface area contributed by atoms with E-state index < -0.39 is 0 Å². The zero-order valence-electron chi connectivity index (χ0n) is 11.1. The van der Waals surface area contributed by atoms with E-state index in [1.165, 1.54) is 0 Å². The van der Waals surface area contributed by atoms with Gasteiger partial charge < -0.3 is 15.2 Å². The van der Waals surface area contributed by atoms with Crippen LogP contribution in [0.5, 0.6) is 11.5 Å². The van der Waals surface area contributed by atoms with Gasteiger partial charge in [0.1, 0.15) is 0 Å². The van der Waals surface area contributed by atoms with E-state index in [0.717, 1.165) is 11.3 Å². The zero-order chi connectivity index (χ0) is 13.7. The number of ether oxygens (including phenoxy) is 1. The number of hydrogen-bond donors (Lipinski definition) is 2. The standard InChI is InChI=1S/C15H18N2O2/c1-11(13-7-3-4-9-16-13)17-10-12-6-5-8-14(19-2)15(12)18/h3-9,11,17-18H,10H2,1-2H3/t11-/m1/s1. The number of aromatic nitrogens is 1. The molecular formula is C15H18N2O2. The Kier molecular flexibility index (Phi) is 4.36. The molecule has 0 saturated heterocycles. The molecule has 2 rings (SSSR count). The van der Waals surface area contributed by atoms with Gasteiger partial charge in [0.05, 0.1) is 12.8 Å². The average Bonchev–Trinajstić information content (AvgIpc) is 2.47. The first kappa shape index (κ1) is 13.4. The highest BCUT2D eigenvalue weighted by Crippen LogP contribution is 2.29. The van der Waals surface area contributed by atoms with Crippen molar-refractivity contribution in [3.05, 3.63) is 53.9 Å². The molecule has 0 unspecified atom stereocenters. The summed E-state index contributed by atoms with van der Waals surface area (Å²) in [6, 6.07) is 11.4. The Balaban J connectivity index is 2.03. The number of para-hydroxylation sites is 1. The molecule has 0 amide bonds. The third-order valence-electron chi connectivity index (χ3n) is 3.03. The van der Waals surface area contributed by atoms with Gasteiger partial charge in [-0.25, -0.2) is 0 Å². The van der Waals surface area contributed by atoms with Crippen LogP contribution in [0.25, 0.3) is 0 Å². The molecule has 0 saturated carbocycles. The Labute approximate surface area is 113 Å². The molecule has 19 heavy (non-hydrogen) atoms. The average molecular weight is 258 g/mol. The summed E-state index contributed by atoms with van der Waals surface area (Å²) >= 11 is 0. The van der Waals surface area contributed by atoms with Crippen molar-refractivity contribution in [3.63, 3.8) is 0 Å². The quantitative estimate of drug-likeness (QED) is 0.865. The first-order chi connectivity index (χ1) is 9.22. The molecule has 100 valence electrons. The van der Waals surface area contributed by atoms with Gasteiger partial charge in [0.25, 0.3) is 0 Å². The van der Waals surface area contributed by atoms with Crippen molar-refractivity contribution in [2.24, 2.45) is 0 Å². The molecule has 2 aromatic rings. The zero-order valence-corrected chi connectivity index (χ0v) is 11.1. The van der Waals surface area contributed by atoms with Gasteiger partial charge in [-0.2, -0.15) is 0 Å². The van der Waals surface area contributed by atoms with Crippen molar-refractivity contribution in [1.29, 1.82) is 0 Å². The predicted octanol–water partition coefficient (Wildman–Crippen LogP) is 2.65. The topological polar surface area (TPSA) is 54.4 Å². The number of phenolic OH excluding ortho intramolecular Hbond substituents is 1. The fourth-order valence-electron chi connectivity index (χ4n) is 1.87. The molecule has 0 aliphatic heterocycles. The maximum absolute atomic E-state index is 9.99. The molecule has 0 bridgehead atoms. The Morgan fingerprint density at radius 2 is 2.11 bits per heavy atom. The van der Waals surface area contributed by atoms with E-state index in [9.17, 15) is 5.11 Å². The molecule has 1 atom stereocenters. The van der Waals surface area contributed by atoms with E-state index in [1.54, 1.807) is 19.4 Å². The molecule has 0 aliphatic carbocycles. The third kappa shape index (κ3) is 3.23. The van der Waals surface area contributed by atoms with Gasteiger partial charge in [0, 0.05) is 24.3 Å². The summed E-state index contributed by atoms with van der Waals surface area (Å²) in [6.45, 7) is 2.60. The van der Waals surface area contributed by atoms with Crippen molar-refractivity contribution < 1.29 is 9.84 Å². The molecule has 2 N–H and O–H groups in total. The van der Waals surface area contributed by atoms with Gasteiger partial charge >= 0.3 is 0 Å². The van der Waals surface area contributed by atoms with Crippen molar-refractivity contribution >= 4 is 0 Å². The largest absolute Gasteiger partial charge is 0.504 e. The second kappa shape index (κ2) is 6.20. The SMILES string of the molecule is COc1cccc(CN[C@H](C)c2ccccn2)c1O. The first-order valence-electron chi connectivity index (χ1n) is 6.21. The number of nitrogens with one attached hydrogen (secondary N) is 1. The lowest BCUT2D eigenvalue weighted by Crippen LogP contribution is -2.19. The van der Waals surface area contributed by atoms with Gasteiger partial charge in [-0.15, -0.1) is 0 Å². The van der Waals surface area contributed by atoms with Crippen LogP contribution in [-0.2, 0) is 6.54 Å². The highest BCUT2D eigenvalue weighted by molar-refractivity contribution is 5.45. The number of benzene rings is 1. The number of hydrogen-bond acceptors (Lipinski definition) is 4. The summed E-state index contributed by atoms with van der Waals surface area (Å²) in [4.78, 5) is 4.30. The van der Waals surface area contributed by atoms with E-state index in [-0.39, 0.29) is 11.8 Å². The molecule has 1 aromatic heterocycles. The molecule has 1 aromatic carbocycles. The van der Waals surface area contributed by atoms with E-state index >= 15 is 0 Å². The summed E-state index contributed by atoms with van der Waals surface area (Å²) in [5.74, 6) is 0.676. The van der Waals surface area contributed by atoms with E-state index in [4.69, 9.17) is 4.74 Å². The van der Waals surface area contributed by atoms with Gasteiger partial charge in [-0.1, -0.05) is 18.2 Å². The Hall–Kier alpha value is -2.07. The van der Waals surface area contributed by atoms with Crippen LogP contribution >= 0.6 is 0 Å². The summed E-state index contributed by atoms with van der Waals surface area (Å²) in [7, 11) is 1.54. The van der Waals surface area contributed by atoms with E-state index in [2.05, 4.69) is 10.3 Å². The smallest absolute Gasteiger partial charge is 0.162 e. The Morgan fingerprint density at radius 1 is 1.26 bits per heavy atom. The molecule has 0 radical (unpaired) electrons. The minimum absolute atomic E-state index is 0.117. The van der Waals surface area contributed by atoms with Crippen LogP contribution in [0.3, 0.4) is 0 Å². The fourth-order valence-corrected chi connectivity index (χ4v) is 1.87. The summed E-state index contributed by atoms with van der Waals surface area (Å²) in [6.07, 6.45) is 1.77. The third-order valence-corrected chi connectivity index (χ3v) is 3.03. The van der Waals surface area contributed by atoms with Gasteiger partial charge in [-0.05, 0) is 25.1 Å². The Morgan fingerprint density at radius 3 is 2.79 bits per heavy atom. The molecule has 4 heteroatoms. The van der Waals surface area contributed by atoms with E-state index in [1.807, 2.05) is 37.3 Å².